The number of thiophene rings is 1. The third kappa shape index (κ3) is 2.13. The molecule has 0 saturated carbocycles. The van der Waals surface area contributed by atoms with Gasteiger partial charge < -0.3 is 4.98 Å². The van der Waals surface area contributed by atoms with E-state index in [-0.39, 0.29) is 5.91 Å². The van der Waals surface area contributed by atoms with E-state index < -0.39 is 0 Å². The van der Waals surface area contributed by atoms with Gasteiger partial charge in [-0.15, -0.1) is 0 Å². The van der Waals surface area contributed by atoms with E-state index in [9.17, 15) is 4.79 Å². The number of carbonyl (C=O) groups excluding carboxylic acids is 1. The highest BCUT2D eigenvalue weighted by molar-refractivity contribution is 7.08. The van der Waals surface area contributed by atoms with Crippen LogP contribution in [0.3, 0.4) is 0 Å². The molecule has 5 heteroatoms. The summed E-state index contributed by atoms with van der Waals surface area (Å²) in [6, 6.07) is 4.02. The largest absolute Gasteiger partial charge is 0.359 e. The van der Waals surface area contributed by atoms with Crippen molar-refractivity contribution in [3.8, 4) is 0 Å². The van der Waals surface area contributed by atoms with Crippen LogP contribution in [0.5, 0.6) is 0 Å². The van der Waals surface area contributed by atoms with Gasteiger partial charge in [0, 0.05) is 22.3 Å². The maximum atomic E-state index is 11.9. The molecule has 0 radical (unpaired) electrons. The van der Waals surface area contributed by atoms with E-state index in [1.54, 1.807) is 11.3 Å². The lowest BCUT2D eigenvalue weighted by Gasteiger charge is -1.99. The van der Waals surface area contributed by atoms with Crippen LogP contribution in [0.1, 0.15) is 22.5 Å². The average molecular weight is 271 g/mol. The summed E-state index contributed by atoms with van der Waals surface area (Å²) in [5.74, 6) is -0.159. The van der Waals surface area contributed by atoms with Crippen molar-refractivity contribution >= 4 is 29.0 Å². The number of hydrogen-bond donors (Lipinski definition) is 2. The smallest absolute Gasteiger partial charge is 0.273 e. The Labute approximate surface area is 114 Å². The molecule has 3 rings (SSSR count). The second kappa shape index (κ2) is 4.51. The summed E-state index contributed by atoms with van der Waals surface area (Å²) in [6.07, 6.45) is 1.86. The quantitative estimate of drug-likeness (QED) is 0.810. The number of rotatable bonds is 2. The van der Waals surface area contributed by atoms with Crippen LogP contribution in [0.2, 0.25) is 0 Å². The number of aromatic nitrogens is 1. The highest BCUT2D eigenvalue weighted by atomic mass is 32.1. The third-order valence-corrected chi connectivity index (χ3v) is 3.73. The molecule has 4 nitrogen and oxygen atoms in total. The number of H-pyrrole nitrogens is 1. The zero-order valence-electron chi connectivity index (χ0n) is 10.7. The van der Waals surface area contributed by atoms with Crippen LogP contribution in [0, 0.1) is 13.8 Å². The van der Waals surface area contributed by atoms with Gasteiger partial charge in [0.2, 0.25) is 0 Å². The van der Waals surface area contributed by atoms with Crippen molar-refractivity contribution in [2.45, 2.75) is 13.8 Å². The normalized spacial score (nSPS) is 16.8. The summed E-state index contributed by atoms with van der Waals surface area (Å²) in [5.41, 5.74) is 7.95. The molecule has 1 amide bonds. The zero-order chi connectivity index (χ0) is 13.4. The lowest BCUT2D eigenvalue weighted by Crippen LogP contribution is -2.13. The molecule has 1 aliphatic heterocycles. The van der Waals surface area contributed by atoms with E-state index in [0.29, 0.717) is 11.3 Å². The van der Waals surface area contributed by atoms with Gasteiger partial charge in [-0.05, 0) is 43.0 Å². The van der Waals surface area contributed by atoms with E-state index >= 15 is 0 Å². The molecule has 0 aromatic carbocycles. The van der Waals surface area contributed by atoms with E-state index in [2.05, 4.69) is 21.6 Å². The molecule has 0 atom stereocenters. The molecule has 0 saturated heterocycles. The first-order valence-electron chi connectivity index (χ1n) is 5.94. The molecule has 19 heavy (non-hydrogen) atoms. The summed E-state index contributed by atoms with van der Waals surface area (Å²) in [7, 11) is 0. The van der Waals surface area contributed by atoms with Crippen molar-refractivity contribution in [3.05, 3.63) is 51.0 Å². The molecular formula is C14H13N3OS. The molecule has 0 aliphatic carbocycles. The minimum absolute atomic E-state index is 0.159. The Kier molecular flexibility index (Phi) is 2.83. The van der Waals surface area contributed by atoms with Crippen molar-refractivity contribution in [2.24, 2.45) is 5.10 Å². The van der Waals surface area contributed by atoms with Crippen molar-refractivity contribution in [2.75, 3.05) is 0 Å². The van der Waals surface area contributed by atoms with E-state index in [1.807, 2.05) is 36.7 Å². The van der Waals surface area contributed by atoms with Crippen LogP contribution >= 0.6 is 11.3 Å². The van der Waals surface area contributed by atoms with Crippen molar-refractivity contribution < 1.29 is 4.79 Å². The molecule has 0 bridgehead atoms. The minimum atomic E-state index is -0.159. The molecule has 0 unspecified atom stereocenters. The standard InChI is InChI=1S/C14H13N3OS/c1-8-5-9(2)15-12(8)6-11-13(16-17-14(11)18)10-3-4-19-7-10/h3-7,15H,1-2H3,(H,17,18). The summed E-state index contributed by atoms with van der Waals surface area (Å²) in [6.45, 7) is 4.02. The Morgan fingerprint density at radius 2 is 2.21 bits per heavy atom. The monoisotopic (exact) mass is 271 g/mol. The van der Waals surface area contributed by atoms with Crippen LogP contribution in [0.25, 0.3) is 6.08 Å². The fraction of sp³-hybridized carbons (Fsp3) is 0.143. The first-order chi connectivity index (χ1) is 9.15. The summed E-state index contributed by atoms with van der Waals surface area (Å²) >= 11 is 1.59. The second-order valence-electron chi connectivity index (χ2n) is 4.52. The number of nitrogens with one attached hydrogen (secondary N) is 2. The van der Waals surface area contributed by atoms with Crippen LogP contribution in [0.15, 0.2) is 33.6 Å². The molecule has 96 valence electrons. The Hall–Kier alpha value is -2.14. The number of aryl methyl sites for hydroxylation is 2. The van der Waals surface area contributed by atoms with Crippen LogP contribution < -0.4 is 5.43 Å². The van der Waals surface area contributed by atoms with Gasteiger partial charge >= 0.3 is 0 Å². The highest BCUT2D eigenvalue weighted by Crippen LogP contribution is 2.20. The minimum Gasteiger partial charge on any atom is -0.359 e. The first kappa shape index (κ1) is 11.9. The fourth-order valence-corrected chi connectivity index (χ4v) is 2.77. The maximum Gasteiger partial charge on any atom is 0.273 e. The lowest BCUT2D eigenvalue weighted by molar-refractivity contribution is -0.116. The van der Waals surface area contributed by atoms with Crippen molar-refractivity contribution in [1.82, 2.24) is 10.4 Å². The lowest BCUT2D eigenvalue weighted by atomic mass is 10.0. The number of hydrogen-bond acceptors (Lipinski definition) is 3. The number of amides is 1. The molecule has 2 N–H and O–H groups in total. The van der Waals surface area contributed by atoms with Gasteiger partial charge in [0.1, 0.15) is 5.71 Å². The van der Waals surface area contributed by atoms with Gasteiger partial charge in [0.25, 0.3) is 5.91 Å². The SMILES string of the molecule is Cc1cc(C)c(C=C2C(=O)NN=C2c2ccsc2)[nH]1. The van der Waals surface area contributed by atoms with E-state index in [1.165, 1.54) is 0 Å². The molecular weight excluding hydrogens is 258 g/mol. The molecule has 3 heterocycles. The Morgan fingerprint density at radius 3 is 2.84 bits per heavy atom. The molecule has 0 fully saturated rings. The average Bonchev–Trinajstić information content (AvgIpc) is 3.04. The fourth-order valence-electron chi connectivity index (χ4n) is 2.13. The first-order valence-corrected chi connectivity index (χ1v) is 6.88. The number of aromatic amines is 1. The Bertz CT molecular complexity index is 692. The van der Waals surface area contributed by atoms with Crippen molar-refractivity contribution in [1.29, 1.82) is 0 Å². The summed E-state index contributed by atoms with van der Waals surface area (Å²) < 4.78 is 0. The van der Waals surface area contributed by atoms with E-state index in [0.717, 1.165) is 22.5 Å². The summed E-state index contributed by atoms with van der Waals surface area (Å²) in [4.78, 5) is 15.1. The van der Waals surface area contributed by atoms with Gasteiger partial charge in [-0.2, -0.15) is 16.4 Å². The maximum absolute atomic E-state index is 11.9. The second-order valence-corrected chi connectivity index (χ2v) is 5.30. The van der Waals surface area contributed by atoms with Gasteiger partial charge in [-0.25, -0.2) is 5.43 Å². The Morgan fingerprint density at radius 1 is 1.37 bits per heavy atom. The highest BCUT2D eigenvalue weighted by Gasteiger charge is 2.24. The Balaban J connectivity index is 2.05. The number of nitrogens with zero attached hydrogens (tertiary/aromatic N) is 1. The third-order valence-electron chi connectivity index (χ3n) is 3.04. The predicted molar refractivity (Wildman–Crippen MR) is 77.2 cm³/mol. The molecule has 2 aromatic heterocycles. The molecule has 1 aliphatic rings. The van der Waals surface area contributed by atoms with Crippen LogP contribution in [-0.4, -0.2) is 16.6 Å². The summed E-state index contributed by atoms with van der Waals surface area (Å²) in [5, 5.41) is 8.08. The van der Waals surface area contributed by atoms with Gasteiger partial charge in [0.15, 0.2) is 0 Å². The van der Waals surface area contributed by atoms with Crippen molar-refractivity contribution in [3.63, 3.8) is 0 Å². The zero-order valence-corrected chi connectivity index (χ0v) is 11.5. The van der Waals surface area contributed by atoms with Gasteiger partial charge in [-0.3, -0.25) is 4.79 Å². The predicted octanol–water partition coefficient (Wildman–Crippen LogP) is 2.61. The van der Waals surface area contributed by atoms with E-state index in [4.69, 9.17) is 0 Å². The number of carbonyl (C=O) groups is 1. The molecule has 0 spiro atoms. The topological polar surface area (TPSA) is 57.2 Å². The van der Waals surface area contributed by atoms with Gasteiger partial charge in [-0.1, -0.05) is 0 Å². The molecule has 2 aromatic rings. The van der Waals surface area contributed by atoms with Crippen LogP contribution in [0.4, 0.5) is 0 Å². The number of hydrazone groups is 1. The van der Waals surface area contributed by atoms with Gasteiger partial charge in [0.05, 0.1) is 5.57 Å². The van der Waals surface area contributed by atoms with Crippen LogP contribution in [-0.2, 0) is 4.79 Å².